The lowest BCUT2D eigenvalue weighted by Gasteiger charge is -2.13. The first kappa shape index (κ1) is 27.3. The van der Waals surface area contributed by atoms with Crippen molar-refractivity contribution in [2.75, 3.05) is 10.6 Å². The third-order valence-corrected chi connectivity index (χ3v) is 7.03. The first-order chi connectivity index (χ1) is 22.1. The minimum atomic E-state index is -0.228. The topological polar surface area (TPSA) is 132 Å². The van der Waals surface area contributed by atoms with Crippen LogP contribution in [0.4, 0.5) is 17.2 Å². The summed E-state index contributed by atoms with van der Waals surface area (Å²) in [5.74, 6) is 1.54. The molecule has 218 valence electrons. The van der Waals surface area contributed by atoms with Crippen LogP contribution in [-0.4, -0.2) is 40.4 Å². The van der Waals surface area contributed by atoms with Crippen molar-refractivity contribution in [1.29, 1.82) is 0 Å². The van der Waals surface area contributed by atoms with Crippen LogP contribution in [0.1, 0.15) is 11.1 Å². The Morgan fingerprint density at radius 2 is 1.82 bits per heavy atom. The van der Waals surface area contributed by atoms with E-state index in [0.717, 1.165) is 38.8 Å². The van der Waals surface area contributed by atoms with Gasteiger partial charge in [0.25, 0.3) is 0 Å². The second kappa shape index (κ2) is 12.0. The zero-order valence-corrected chi connectivity index (χ0v) is 24.0. The van der Waals surface area contributed by atoms with Crippen molar-refractivity contribution < 1.29 is 9.53 Å². The lowest BCUT2D eigenvalue weighted by atomic mass is 10.0. The average molecular weight is 592 g/mol. The molecule has 0 radical (unpaired) electrons. The SMILES string of the molecule is Cc1cc(Nc2ncnc3ccc(-c4cccc(NC(=O)/C=C/c5cccnc5)c4)cc23)ccc1Oc1cc2nncn2cn1. The lowest BCUT2D eigenvalue weighted by molar-refractivity contribution is -0.111. The smallest absolute Gasteiger partial charge is 0.248 e. The molecule has 0 atom stereocenters. The highest BCUT2D eigenvalue weighted by Gasteiger charge is 2.10. The largest absolute Gasteiger partial charge is 0.439 e. The number of hydrogen-bond acceptors (Lipinski definition) is 9. The van der Waals surface area contributed by atoms with Crippen molar-refractivity contribution >= 4 is 45.7 Å². The molecule has 3 aromatic carbocycles. The number of hydrogen-bond donors (Lipinski definition) is 2. The Morgan fingerprint density at radius 1 is 0.889 bits per heavy atom. The van der Waals surface area contributed by atoms with Gasteiger partial charge in [-0.1, -0.05) is 24.3 Å². The number of aromatic nitrogens is 7. The quantitative estimate of drug-likeness (QED) is 0.187. The van der Waals surface area contributed by atoms with Gasteiger partial charge in [-0.3, -0.25) is 14.2 Å². The van der Waals surface area contributed by atoms with E-state index in [2.05, 4.69) is 40.8 Å². The third-order valence-electron chi connectivity index (χ3n) is 7.03. The number of anilines is 3. The number of pyridine rings is 1. The maximum Gasteiger partial charge on any atom is 0.248 e. The minimum absolute atomic E-state index is 0.228. The van der Waals surface area contributed by atoms with Crippen LogP contribution in [-0.2, 0) is 4.79 Å². The summed E-state index contributed by atoms with van der Waals surface area (Å²) in [5.41, 5.74) is 6.64. The standard InChI is InChI=1S/C34H25N9O2/c1-22-14-27(9-11-30(22)45-33-17-31-42-39-21-43(31)20-38-33)41-34-28-16-25(8-10-29(28)36-19-37-34)24-5-2-6-26(15-24)40-32(44)12-7-23-4-3-13-35-18-23/h2-21H,1H3,(H,40,44)(H,36,37,41)/b12-7+. The summed E-state index contributed by atoms with van der Waals surface area (Å²) in [6.45, 7) is 1.97. The van der Waals surface area contributed by atoms with Gasteiger partial charge in [-0.2, -0.15) is 0 Å². The highest BCUT2D eigenvalue weighted by atomic mass is 16.5. The van der Waals surface area contributed by atoms with Gasteiger partial charge >= 0.3 is 0 Å². The van der Waals surface area contributed by atoms with Gasteiger partial charge in [0.1, 0.15) is 30.5 Å². The number of carbonyl (C=O) groups is 1. The molecule has 45 heavy (non-hydrogen) atoms. The van der Waals surface area contributed by atoms with Crippen LogP contribution in [0.15, 0.2) is 116 Å². The summed E-state index contributed by atoms with van der Waals surface area (Å²) < 4.78 is 7.73. The molecule has 0 spiro atoms. The van der Waals surface area contributed by atoms with Crippen molar-refractivity contribution in [3.63, 3.8) is 0 Å². The molecule has 4 aromatic heterocycles. The fourth-order valence-corrected chi connectivity index (χ4v) is 4.80. The summed E-state index contributed by atoms with van der Waals surface area (Å²) >= 11 is 0. The molecule has 7 rings (SSSR count). The van der Waals surface area contributed by atoms with Crippen LogP contribution in [0, 0.1) is 6.92 Å². The molecule has 1 amide bonds. The van der Waals surface area contributed by atoms with Crippen molar-refractivity contribution in [3.05, 3.63) is 127 Å². The van der Waals surface area contributed by atoms with Gasteiger partial charge in [-0.25, -0.2) is 15.0 Å². The average Bonchev–Trinajstić information content (AvgIpc) is 3.54. The Morgan fingerprint density at radius 3 is 2.71 bits per heavy atom. The highest BCUT2D eigenvalue weighted by Crippen LogP contribution is 2.32. The second-order valence-electron chi connectivity index (χ2n) is 10.2. The van der Waals surface area contributed by atoms with Crippen LogP contribution in [0.3, 0.4) is 0 Å². The first-order valence-corrected chi connectivity index (χ1v) is 14.0. The molecule has 0 aliphatic heterocycles. The molecule has 0 unspecified atom stereocenters. The number of nitrogens with zero attached hydrogens (tertiary/aromatic N) is 7. The number of fused-ring (bicyclic) bond motifs is 2. The predicted molar refractivity (Wildman–Crippen MR) is 172 cm³/mol. The van der Waals surface area contributed by atoms with Crippen LogP contribution in [0.2, 0.25) is 0 Å². The van der Waals surface area contributed by atoms with Gasteiger partial charge in [0.2, 0.25) is 11.8 Å². The molecule has 0 fully saturated rings. The van der Waals surface area contributed by atoms with E-state index in [1.807, 2.05) is 79.7 Å². The van der Waals surface area contributed by atoms with E-state index in [4.69, 9.17) is 4.74 Å². The summed E-state index contributed by atoms with van der Waals surface area (Å²) in [6, 6.07) is 24.9. The second-order valence-corrected chi connectivity index (χ2v) is 10.2. The fraction of sp³-hybridized carbons (Fsp3) is 0.0294. The zero-order chi connectivity index (χ0) is 30.6. The maximum atomic E-state index is 12.5. The third kappa shape index (κ3) is 6.18. The maximum absolute atomic E-state index is 12.5. The molecule has 2 N–H and O–H groups in total. The molecule has 11 nitrogen and oxygen atoms in total. The molecule has 0 bridgehead atoms. The number of ether oxygens (including phenoxy) is 1. The molecule has 11 heteroatoms. The zero-order valence-electron chi connectivity index (χ0n) is 24.0. The Hall–Kier alpha value is -6.49. The van der Waals surface area contributed by atoms with Gasteiger partial charge < -0.3 is 15.4 Å². The Balaban J connectivity index is 1.10. The number of carbonyl (C=O) groups excluding carboxylic acids is 1. The van der Waals surface area contributed by atoms with Gasteiger partial charge in [-0.05, 0) is 83.8 Å². The van der Waals surface area contributed by atoms with Gasteiger partial charge in [-0.15, -0.1) is 10.2 Å². The summed E-state index contributed by atoms with van der Waals surface area (Å²) in [4.78, 5) is 29.9. The van der Waals surface area contributed by atoms with Crippen LogP contribution >= 0.6 is 0 Å². The van der Waals surface area contributed by atoms with Crippen LogP contribution in [0.25, 0.3) is 33.8 Å². The number of nitrogens with one attached hydrogen (secondary N) is 2. The molecule has 0 saturated heterocycles. The van der Waals surface area contributed by atoms with Crippen molar-refractivity contribution in [2.45, 2.75) is 6.92 Å². The highest BCUT2D eigenvalue weighted by molar-refractivity contribution is 6.02. The van der Waals surface area contributed by atoms with E-state index in [1.165, 1.54) is 12.4 Å². The summed E-state index contributed by atoms with van der Waals surface area (Å²) in [7, 11) is 0. The lowest BCUT2D eigenvalue weighted by Crippen LogP contribution is -2.07. The molecule has 0 aliphatic carbocycles. The molecule has 4 heterocycles. The van der Waals surface area contributed by atoms with E-state index in [0.29, 0.717) is 28.8 Å². The Bertz CT molecular complexity index is 2200. The van der Waals surface area contributed by atoms with E-state index >= 15 is 0 Å². The Kier molecular flexibility index (Phi) is 7.30. The summed E-state index contributed by atoms with van der Waals surface area (Å²) in [6.07, 6.45) is 11.3. The molecular weight excluding hydrogens is 566 g/mol. The van der Waals surface area contributed by atoms with Crippen molar-refractivity contribution in [2.24, 2.45) is 0 Å². The van der Waals surface area contributed by atoms with E-state index < -0.39 is 0 Å². The molecule has 7 aromatic rings. The fourth-order valence-electron chi connectivity index (χ4n) is 4.80. The van der Waals surface area contributed by atoms with Gasteiger partial charge in [0.15, 0.2) is 5.65 Å². The molecule has 0 saturated carbocycles. The van der Waals surface area contributed by atoms with Gasteiger partial charge in [0.05, 0.1) is 5.52 Å². The van der Waals surface area contributed by atoms with Crippen molar-refractivity contribution in [3.8, 4) is 22.8 Å². The van der Waals surface area contributed by atoms with E-state index in [-0.39, 0.29) is 5.91 Å². The summed E-state index contributed by atoms with van der Waals surface area (Å²) in [5, 5.41) is 15.1. The molecular formula is C34H25N9O2. The molecule has 0 aliphatic rings. The van der Waals surface area contributed by atoms with E-state index in [9.17, 15) is 4.79 Å². The number of aryl methyl sites for hydroxylation is 1. The number of rotatable bonds is 8. The Labute approximate surface area is 257 Å². The van der Waals surface area contributed by atoms with Crippen LogP contribution in [0.5, 0.6) is 11.6 Å². The predicted octanol–water partition coefficient (Wildman–Crippen LogP) is 6.63. The first-order valence-electron chi connectivity index (χ1n) is 14.0. The van der Waals surface area contributed by atoms with Crippen LogP contribution < -0.4 is 15.4 Å². The minimum Gasteiger partial charge on any atom is -0.439 e. The normalized spacial score (nSPS) is 11.2. The van der Waals surface area contributed by atoms with Gasteiger partial charge in [0, 0.05) is 41.3 Å². The van der Waals surface area contributed by atoms with E-state index in [1.54, 1.807) is 41.6 Å². The number of amides is 1. The monoisotopic (exact) mass is 591 g/mol. The van der Waals surface area contributed by atoms with Crippen molar-refractivity contribution in [1.82, 2.24) is 34.5 Å². The number of benzene rings is 3.